The van der Waals surface area contributed by atoms with Crippen LogP contribution >= 0.6 is 0 Å². The topological polar surface area (TPSA) is 67.9 Å². The molecule has 0 fully saturated rings. The summed E-state index contributed by atoms with van der Waals surface area (Å²) >= 11 is 0. The first-order valence-electron chi connectivity index (χ1n) is 18.3. The van der Waals surface area contributed by atoms with Gasteiger partial charge in [-0.3, -0.25) is 15.2 Å². The van der Waals surface area contributed by atoms with Gasteiger partial charge in [-0.1, -0.05) is 158 Å². The zero-order valence-electron chi connectivity index (χ0n) is 28.8. The van der Waals surface area contributed by atoms with Gasteiger partial charge in [0.15, 0.2) is 0 Å². The average Bonchev–Trinajstić information content (AvgIpc) is 3.74. The summed E-state index contributed by atoms with van der Waals surface area (Å²) in [6.45, 7) is 0.825. The van der Waals surface area contributed by atoms with E-state index in [1.165, 1.54) is 33.4 Å². The van der Waals surface area contributed by atoms with E-state index in [9.17, 15) is 0 Å². The fourth-order valence-electron chi connectivity index (χ4n) is 8.89. The van der Waals surface area contributed by atoms with Crippen LogP contribution in [0.1, 0.15) is 52.1 Å². The maximum atomic E-state index is 6.89. The number of nitrogens with zero attached hydrogens (tertiary/aromatic N) is 2. The summed E-state index contributed by atoms with van der Waals surface area (Å²) in [5, 5.41) is 7.68. The Bertz CT molecular complexity index is 2510. The molecule has 4 unspecified atom stereocenters. The van der Waals surface area contributed by atoms with Gasteiger partial charge in [0, 0.05) is 12.1 Å². The first kappa shape index (κ1) is 30.9. The smallest absolute Gasteiger partial charge is 0.145 e. The minimum Gasteiger partial charge on any atom is -0.312 e. The molecule has 0 saturated carbocycles. The Labute approximate surface area is 304 Å². The lowest BCUT2D eigenvalue weighted by atomic mass is 9.65. The summed E-state index contributed by atoms with van der Waals surface area (Å²) in [7, 11) is 0. The Morgan fingerprint density at radius 1 is 0.692 bits per heavy atom. The van der Waals surface area contributed by atoms with E-state index in [-0.39, 0.29) is 12.3 Å². The number of fused-ring (bicyclic) bond motifs is 9. The fourth-order valence-corrected chi connectivity index (χ4v) is 8.89. The number of hydrogen-bond acceptors (Lipinski definition) is 4. The highest BCUT2D eigenvalue weighted by atomic mass is 15.2. The van der Waals surface area contributed by atoms with Crippen molar-refractivity contribution in [2.75, 3.05) is 6.54 Å². The number of aromatic nitrogens is 2. The van der Waals surface area contributed by atoms with Crippen molar-refractivity contribution in [3.63, 3.8) is 0 Å². The van der Waals surface area contributed by atoms with Crippen LogP contribution < -0.4 is 16.4 Å². The van der Waals surface area contributed by atoms with E-state index in [4.69, 9.17) is 10.7 Å². The van der Waals surface area contributed by atoms with Crippen molar-refractivity contribution in [2.45, 2.75) is 24.2 Å². The number of nitrogens with two attached hydrogens (primary N) is 1. The van der Waals surface area contributed by atoms with E-state index in [1.54, 1.807) is 0 Å². The fraction of sp³-hybridized carbons (Fsp3) is 0.128. The molecule has 1 aromatic heterocycles. The van der Waals surface area contributed by atoms with Crippen molar-refractivity contribution in [2.24, 2.45) is 11.7 Å². The molecular weight excluding hydrogens is 635 g/mol. The van der Waals surface area contributed by atoms with Crippen LogP contribution in [0, 0.1) is 5.92 Å². The maximum Gasteiger partial charge on any atom is 0.145 e. The van der Waals surface area contributed by atoms with Crippen molar-refractivity contribution < 1.29 is 0 Å². The zero-order chi connectivity index (χ0) is 34.6. The quantitative estimate of drug-likeness (QED) is 0.141. The Balaban J connectivity index is 1.19. The molecule has 0 amide bonds. The van der Waals surface area contributed by atoms with E-state index in [0.717, 1.165) is 52.2 Å². The Morgan fingerprint density at radius 3 is 2.25 bits per heavy atom. The normalized spacial score (nSPS) is 19.0. The number of allylic oxidation sites excluding steroid dienone is 3. The van der Waals surface area contributed by atoms with Gasteiger partial charge in [0.1, 0.15) is 5.82 Å². The number of imidazole rings is 1. The molecule has 2 heterocycles. The summed E-state index contributed by atoms with van der Waals surface area (Å²) in [6.07, 6.45) is 9.30. The molecule has 5 nitrogen and oxygen atoms in total. The van der Waals surface area contributed by atoms with E-state index in [1.807, 2.05) is 18.2 Å². The predicted octanol–water partition coefficient (Wildman–Crippen LogP) is 9.34. The van der Waals surface area contributed by atoms with Crippen molar-refractivity contribution in [1.29, 1.82) is 0 Å². The lowest BCUT2D eigenvalue weighted by molar-refractivity contribution is 0.370. The monoisotopic (exact) mass is 673 g/mol. The zero-order valence-corrected chi connectivity index (χ0v) is 28.8. The van der Waals surface area contributed by atoms with Gasteiger partial charge in [0.05, 0.1) is 34.5 Å². The van der Waals surface area contributed by atoms with Gasteiger partial charge in [0.2, 0.25) is 0 Å². The summed E-state index contributed by atoms with van der Waals surface area (Å²) in [4.78, 5) is 5.31. The van der Waals surface area contributed by atoms with Crippen molar-refractivity contribution in [3.05, 3.63) is 203 Å². The molecule has 0 saturated heterocycles. The molecule has 0 bridgehead atoms. The minimum atomic E-state index is -0.551. The SMILES string of the molecule is NC(NC(NCC1C=CC=CC1)c1ccc2c(c1)C1(c3ccccc3-2)c2ccccc2-n2c(-c3ccccc3)nc3cccc1c32)c1ccccc1. The van der Waals surface area contributed by atoms with Crippen LogP contribution in [0.5, 0.6) is 0 Å². The number of hydrogen-bond donors (Lipinski definition) is 3. The summed E-state index contributed by atoms with van der Waals surface area (Å²) in [5.41, 5.74) is 20.6. The molecule has 7 aromatic rings. The molecule has 4 atom stereocenters. The van der Waals surface area contributed by atoms with Crippen molar-refractivity contribution in [3.8, 4) is 28.2 Å². The van der Waals surface area contributed by atoms with Gasteiger partial charge >= 0.3 is 0 Å². The molecule has 5 heteroatoms. The molecule has 2 aliphatic carbocycles. The van der Waals surface area contributed by atoms with Crippen LogP contribution in [0.3, 0.4) is 0 Å². The number of rotatable bonds is 8. The molecule has 4 N–H and O–H groups in total. The third-order valence-corrected chi connectivity index (χ3v) is 11.2. The summed E-state index contributed by atoms with van der Waals surface area (Å²) < 4.78 is 2.39. The summed E-state index contributed by atoms with van der Waals surface area (Å²) in [6, 6.07) is 52.5. The first-order valence-corrected chi connectivity index (χ1v) is 18.3. The van der Waals surface area contributed by atoms with Gasteiger partial charge in [-0.05, 0) is 69.0 Å². The Morgan fingerprint density at radius 2 is 1.42 bits per heavy atom. The Kier molecular flexibility index (Phi) is 7.39. The number of benzene rings is 6. The van der Waals surface area contributed by atoms with Crippen molar-refractivity contribution >= 4 is 11.0 Å². The lowest BCUT2D eigenvalue weighted by Gasteiger charge is -2.39. The second-order valence-electron chi connectivity index (χ2n) is 14.1. The minimum absolute atomic E-state index is 0.189. The first-order chi connectivity index (χ1) is 25.7. The van der Waals surface area contributed by atoms with Gasteiger partial charge in [0.25, 0.3) is 0 Å². The van der Waals surface area contributed by atoms with Crippen LogP contribution in [0.15, 0.2) is 170 Å². The number of nitrogens with one attached hydrogen (secondary N) is 2. The van der Waals surface area contributed by atoms with Crippen molar-refractivity contribution in [1.82, 2.24) is 20.2 Å². The van der Waals surface area contributed by atoms with Gasteiger partial charge < -0.3 is 5.73 Å². The average molecular weight is 674 g/mol. The van der Waals surface area contributed by atoms with Gasteiger partial charge in [-0.2, -0.15) is 0 Å². The van der Waals surface area contributed by atoms with E-state index in [0.29, 0.717) is 5.92 Å². The van der Waals surface area contributed by atoms with Crippen LogP contribution in [0.4, 0.5) is 0 Å². The van der Waals surface area contributed by atoms with E-state index < -0.39 is 5.41 Å². The molecular formula is C47H39N5. The van der Waals surface area contributed by atoms with E-state index >= 15 is 0 Å². The predicted molar refractivity (Wildman–Crippen MR) is 211 cm³/mol. The largest absolute Gasteiger partial charge is 0.312 e. The molecule has 10 rings (SSSR count). The molecule has 1 spiro atoms. The standard InChI is InChI=1S/C47H39N5/c48-44(32-17-6-2-7-18-32)51-45(49-30-31-15-4-1-5-16-31)34-27-28-36-35-21-10-11-22-37(35)47(40(36)29-34)38-23-12-13-26-42(38)52-43-39(47)24-14-25-41(43)50-46(52)33-19-8-3-9-20-33/h1-15,17-29,31,44-45,49,51H,16,30,48H2. The second-order valence-corrected chi connectivity index (χ2v) is 14.1. The Hall–Kier alpha value is -5.85. The number of para-hydroxylation sites is 2. The van der Waals surface area contributed by atoms with Crippen LogP contribution in [0.2, 0.25) is 0 Å². The van der Waals surface area contributed by atoms with Gasteiger partial charge in [-0.25, -0.2) is 4.98 Å². The lowest BCUT2D eigenvalue weighted by Crippen LogP contribution is -2.41. The van der Waals surface area contributed by atoms with Crippen LogP contribution in [0.25, 0.3) is 39.2 Å². The highest BCUT2D eigenvalue weighted by Crippen LogP contribution is 2.60. The molecule has 0 radical (unpaired) electrons. The molecule has 252 valence electrons. The van der Waals surface area contributed by atoms with E-state index in [2.05, 4.69) is 167 Å². The third kappa shape index (κ3) is 4.71. The molecule has 1 aliphatic heterocycles. The van der Waals surface area contributed by atoms with Crippen LogP contribution in [-0.2, 0) is 5.41 Å². The highest BCUT2D eigenvalue weighted by molar-refractivity contribution is 5.97. The third-order valence-electron chi connectivity index (χ3n) is 11.2. The maximum absolute atomic E-state index is 6.89. The molecule has 6 aromatic carbocycles. The molecule has 52 heavy (non-hydrogen) atoms. The van der Waals surface area contributed by atoms with Crippen LogP contribution in [-0.4, -0.2) is 16.1 Å². The molecule has 3 aliphatic rings. The summed E-state index contributed by atoms with van der Waals surface area (Å²) in [5.74, 6) is 1.37. The second kappa shape index (κ2) is 12.4. The highest BCUT2D eigenvalue weighted by Gasteiger charge is 2.51. The van der Waals surface area contributed by atoms with Gasteiger partial charge in [-0.15, -0.1) is 0 Å².